The highest BCUT2D eigenvalue weighted by Crippen LogP contribution is 2.37. The Labute approximate surface area is 209 Å². The van der Waals surface area contributed by atoms with Crippen LogP contribution in [0.15, 0.2) is 103 Å². The molecule has 0 aliphatic carbocycles. The minimum Gasteiger partial charge on any atom is -0.489 e. The number of nitrogens with zero attached hydrogens (tertiary/aromatic N) is 2. The molecule has 0 aromatic heterocycles. The van der Waals surface area contributed by atoms with E-state index in [0.717, 1.165) is 16.7 Å². The summed E-state index contributed by atoms with van der Waals surface area (Å²) in [5.41, 5.74) is 3.80. The molecule has 0 spiro atoms. The molecule has 2 aliphatic rings. The third kappa shape index (κ3) is 4.73. The van der Waals surface area contributed by atoms with E-state index in [9.17, 15) is 14.0 Å². The van der Waals surface area contributed by atoms with E-state index in [2.05, 4.69) is 11.9 Å². The molecule has 0 saturated heterocycles. The van der Waals surface area contributed by atoms with Crippen molar-refractivity contribution in [1.82, 2.24) is 15.1 Å². The zero-order valence-electron chi connectivity index (χ0n) is 19.7. The highest BCUT2D eigenvalue weighted by Gasteiger charge is 2.43. The van der Waals surface area contributed by atoms with Gasteiger partial charge in [-0.05, 0) is 41.0 Å². The van der Waals surface area contributed by atoms with Crippen molar-refractivity contribution in [1.29, 1.82) is 0 Å². The van der Waals surface area contributed by atoms with Gasteiger partial charge < -0.3 is 15.0 Å². The Morgan fingerprint density at radius 2 is 1.78 bits per heavy atom. The highest BCUT2D eigenvalue weighted by atomic mass is 19.1. The monoisotopic (exact) mass is 483 g/mol. The number of hydrogen-bond acceptors (Lipinski definition) is 3. The fourth-order valence-corrected chi connectivity index (χ4v) is 4.58. The first-order valence-corrected chi connectivity index (χ1v) is 11.8. The van der Waals surface area contributed by atoms with Crippen LogP contribution >= 0.6 is 0 Å². The number of hydrogen-bond donors (Lipinski definition) is 1. The van der Waals surface area contributed by atoms with Gasteiger partial charge in [-0.25, -0.2) is 9.18 Å². The van der Waals surface area contributed by atoms with Gasteiger partial charge in [-0.1, -0.05) is 60.7 Å². The van der Waals surface area contributed by atoms with Gasteiger partial charge in [-0.3, -0.25) is 9.69 Å². The van der Waals surface area contributed by atoms with Crippen molar-refractivity contribution in [3.63, 3.8) is 0 Å². The second kappa shape index (κ2) is 10.1. The van der Waals surface area contributed by atoms with Gasteiger partial charge in [0.25, 0.3) is 5.91 Å². The maximum atomic E-state index is 13.6. The van der Waals surface area contributed by atoms with Crippen LogP contribution in [-0.4, -0.2) is 34.8 Å². The molecule has 1 atom stereocenters. The summed E-state index contributed by atoms with van der Waals surface area (Å²) in [4.78, 5) is 29.9. The van der Waals surface area contributed by atoms with E-state index in [1.165, 1.54) is 12.1 Å². The molecule has 182 valence electrons. The van der Waals surface area contributed by atoms with Crippen LogP contribution in [0, 0.1) is 5.82 Å². The van der Waals surface area contributed by atoms with Crippen LogP contribution in [0.2, 0.25) is 0 Å². The number of rotatable bonds is 8. The topological polar surface area (TPSA) is 61.9 Å². The van der Waals surface area contributed by atoms with Crippen molar-refractivity contribution in [2.24, 2.45) is 0 Å². The van der Waals surface area contributed by atoms with Gasteiger partial charge in [-0.2, -0.15) is 0 Å². The van der Waals surface area contributed by atoms with E-state index >= 15 is 0 Å². The van der Waals surface area contributed by atoms with Gasteiger partial charge >= 0.3 is 6.03 Å². The average Bonchev–Trinajstić information content (AvgIpc) is 3.22. The number of carbonyl (C=O) groups is 2. The Bertz CT molecular complexity index is 1320. The van der Waals surface area contributed by atoms with E-state index in [4.69, 9.17) is 4.74 Å². The Morgan fingerprint density at radius 1 is 1.00 bits per heavy atom. The molecule has 0 radical (unpaired) electrons. The predicted molar refractivity (Wildman–Crippen MR) is 134 cm³/mol. The van der Waals surface area contributed by atoms with Crippen LogP contribution < -0.4 is 10.1 Å². The number of halogens is 1. The molecular weight excluding hydrogens is 457 g/mol. The van der Waals surface area contributed by atoms with Crippen LogP contribution in [0.3, 0.4) is 0 Å². The molecule has 3 amide bonds. The fourth-order valence-electron chi connectivity index (χ4n) is 4.58. The number of carbonyl (C=O) groups excluding carboxylic acids is 2. The Kier molecular flexibility index (Phi) is 6.54. The molecule has 0 saturated carbocycles. The molecule has 6 nitrogen and oxygen atoms in total. The molecule has 0 fully saturated rings. The van der Waals surface area contributed by atoms with Gasteiger partial charge in [0, 0.05) is 13.1 Å². The van der Waals surface area contributed by atoms with E-state index in [1.807, 2.05) is 54.6 Å². The average molecular weight is 484 g/mol. The molecule has 3 aromatic rings. The zero-order chi connectivity index (χ0) is 25.1. The predicted octanol–water partition coefficient (Wildman–Crippen LogP) is 4.95. The van der Waals surface area contributed by atoms with Gasteiger partial charge in [-0.15, -0.1) is 6.58 Å². The maximum Gasteiger partial charge on any atom is 0.322 e. The first-order valence-electron chi connectivity index (χ1n) is 11.8. The summed E-state index contributed by atoms with van der Waals surface area (Å²) in [6, 6.07) is 22.5. The summed E-state index contributed by atoms with van der Waals surface area (Å²) in [6.45, 7) is 5.05. The van der Waals surface area contributed by atoms with Crippen molar-refractivity contribution in [2.45, 2.75) is 19.2 Å². The number of ether oxygens (including phenoxy) is 1. The van der Waals surface area contributed by atoms with Crippen molar-refractivity contribution in [3.8, 4) is 5.75 Å². The smallest absolute Gasteiger partial charge is 0.322 e. The van der Waals surface area contributed by atoms with Crippen LogP contribution in [-0.2, 0) is 17.9 Å². The minimum atomic E-state index is -0.612. The summed E-state index contributed by atoms with van der Waals surface area (Å²) in [5, 5.41) is 2.99. The molecule has 1 N–H and O–H groups in total. The Morgan fingerprint density at radius 3 is 2.53 bits per heavy atom. The lowest BCUT2D eigenvalue weighted by Gasteiger charge is -2.33. The van der Waals surface area contributed by atoms with Crippen molar-refractivity contribution in [2.75, 3.05) is 13.1 Å². The third-order valence-corrected chi connectivity index (χ3v) is 6.33. The van der Waals surface area contributed by atoms with E-state index < -0.39 is 6.04 Å². The summed E-state index contributed by atoms with van der Waals surface area (Å²) in [5.74, 6) is 0.157. The highest BCUT2D eigenvalue weighted by molar-refractivity contribution is 6.01. The normalized spacial score (nSPS) is 17.2. The quantitative estimate of drug-likeness (QED) is 0.461. The molecule has 2 heterocycles. The molecule has 36 heavy (non-hydrogen) atoms. The van der Waals surface area contributed by atoms with Crippen LogP contribution in [0.5, 0.6) is 5.75 Å². The molecule has 2 aliphatic heterocycles. The minimum absolute atomic E-state index is 0.163. The first kappa shape index (κ1) is 23.4. The summed E-state index contributed by atoms with van der Waals surface area (Å²) < 4.78 is 19.3. The second-order valence-corrected chi connectivity index (χ2v) is 8.78. The lowest BCUT2D eigenvalue weighted by atomic mass is 9.95. The number of nitrogens with one attached hydrogen (secondary N) is 1. The summed E-state index contributed by atoms with van der Waals surface area (Å²) >= 11 is 0. The molecule has 0 bridgehead atoms. The standard InChI is InChI=1S/C29H26FN3O3/c1-2-15-33-25-18-32(17-20-11-13-23(30)14-12-20)28(34)26(25)27(31-29(33)35)22-9-6-10-24(16-22)36-19-21-7-4-3-5-8-21/h2-14,16,27H,1,15,17-19H2,(H,31,35). The third-order valence-electron chi connectivity index (χ3n) is 6.33. The molecule has 1 unspecified atom stereocenters. The Balaban J connectivity index is 1.42. The van der Waals surface area contributed by atoms with Crippen molar-refractivity contribution < 1.29 is 18.7 Å². The summed E-state index contributed by atoms with van der Waals surface area (Å²) in [6.07, 6.45) is 1.63. The lowest BCUT2D eigenvalue weighted by molar-refractivity contribution is -0.126. The van der Waals surface area contributed by atoms with Crippen LogP contribution in [0.25, 0.3) is 0 Å². The largest absolute Gasteiger partial charge is 0.489 e. The first-order chi connectivity index (χ1) is 17.5. The van der Waals surface area contributed by atoms with Gasteiger partial charge in [0.2, 0.25) is 0 Å². The maximum absolute atomic E-state index is 13.6. The molecule has 5 rings (SSSR count). The van der Waals surface area contributed by atoms with E-state index in [1.54, 1.807) is 28.0 Å². The number of urea groups is 1. The van der Waals surface area contributed by atoms with Crippen molar-refractivity contribution in [3.05, 3.63) is 125 Å². The molecule has 3 aromatic carbocycles. The second-order valence-electron chi connectivity index (χ2n) is 8.78. The van der Waals surface area contributed by atoms with E-state index in [0.29, 0.717) is 30.2 Å². The SMILES string of the molecule is C=CCN1C(=O)NC(c2cccc(OCc3ccccc3)c2)C2=C1CN(Cc1ccc(F)cc1)C2=O. The van der Waals surface area contributed by atoms with Crippen LogP contribution in [0.4, 0.5) is 9.18 Å². The van der Waals surface area contributed by atoms with Gasteiger partial charge in [0.05, 0.1) is 23.9 Å². The lowest BCUT2D eigenvalue weighted by Crippen LogP contribution is -2.47. The van der Waals surface area contributed by atoms with Gasteiger partial charge in [0.15, 0.2) is 0 Å². The Hall–Kier alpha value is -4.39. The molecular formula is C29H26FN3O3. The van der Waals surface area contributed by atoms with E-state index in [-0.39, 0.29) is 30.8 Å². The van der Waals surface area contributed by atoms with Crippen LogP contribution in [0.1, 0.15) is 22.7 Å². The van der Waals surface area contributed by atoms with Crippen molar-refractivity contribution >= 4 is 11.9 Å². The molecule has 7 heteroatoms. The van der Waals surface area contributed by atoms with Gasteiger partial charge in [0.1, 0.15) is 18.2 Å². The number of benzene rings is 3. The fraction of sp³-hybridized carbons (Fsp3) is 0.172. The number of amides is 3. The zero-order valence-corrected chi connectivity index (χ0v) is 19.7. The summed E-state index contributed by atoms with van der Waals surface area (Å²) in [7, 11) is 0.